The topological polar surface area (TPSA) is 79.0 Å². The second kappa shape index (κ2) is 9.69. The van der Waals surface area contributed by atoms with Gasteiger partial charge in [0.25, 0.3) is 0 Å². The molecule has 0 bridgehead atoms. The van der Waals surface area contributed by atoms with Crippen LogP contribution in [0.15, 0.2) is 60.0 Å². The maximum absolute atomic E-state index is 12.5. The zero-order chi connectivity index (χ0) is 20.7. The number of carbonyl (C=O) groups is 1. The molecular weight excluding hydrogens is 390 g/mol. The molecule has 7 nitrogen and oxygen atoms in total. The highest BCUT2D eigenvalue weighted by molar-refractivity contribution is 7.92. The first kappa shape index (κ1) is 21.0. The first-order valence-corrected chi connectivity index (χ1v) is 10.9. The Hall–Kier alpha value is -2.68. The minimum Gasteiger partial charge on any atom is -0.378 e. The van der Waals surface area contributed by atoms with Crippen LogP contribution in [0.4, 0.5) is 11.4 Å². The van der Waals surface area contributed by atoms with Gasteiger partial charge in [0.1, 0.15) is 0 Å². The van der Waals surface area contributed by atoms with E-state index in [1.54, 1.807) is 12.1 Å². The van der Waals surface area contributed by atoms with Crippen molar-refractivity contribution in [3.05, 3.63) is 65.6 Å². The van der Waals surface area contributed by atoms with E-state index in [2.05, 4.69) is 10.2 Å². The van der Waals surface area contributed by atoms with Crippen molar-refractivity contribution in [1.82, 2.24) is 4.31 Å². The van der Waals surface area contributed by atoms with E-state index >= 15 is 0 Å². The molecule has 8 heteroatoms. The van der Waals surface area contributed by atoms with Crippen LogP contribution in [0.2, 0.25) is 0 Å². The maximum Gasteiger partial charge on any atom is 0.239 e. The number of nitrogens with zero attached hydrogens (tertiary/aromatic N) is 2. The fourth-order valence-electron chi connectivity index (χ4n) is 2.97. The summed E-state index contributed by atoms with van der Waals surface area (Å²) in [5.41, 5.74) is 2.33. The Morgan fingerprint density at radius 2 is 1.76 bits per heavy atom. The van der Waals surface area contributed by atoms with E-state index in [-0.39, 0.29) is 6.54 Å². The molecule has 29 heavy (non-hydrogen) atoms. The summed E-state index contributed by atoms with van der Waals surface area (Å²) < 4.78 is 31.3. The molecule has 1 aliphatic rings. The fourth-order valence-corrected chi connectivity index (χ4v) is 3.81. The number of likely N-dealkylation sites (N-methyl/N-ethyl adjacent to an activating group) is 1. The van der Waals surface area contributed by atoms with Crippen LogP contribution < -0.4 is 10.2 Å². The van der Waals surface area contributed by atoms with Crippen LogP contribution in [-0.4, -0.2) is 58.5 Å². The van der Waals surface area contributed by atoms with Crippen molar-refractivity contribution in [2.24, 2.45) is 0 Å². The van der Waals surface area contributed by atoms with Crippen LogP contribution in [0.1, 0.15) is 5.56 Å². The van der Waals surface area contributed by atoms with Crippen LogP contribution in [0.5, 0.6) is 0 Å². The lowest BCUT2D eigenvalue weighted by Gasteiger charge is -2.30. The maximum atomic E-state index is 12.5. The van der Waals surface area contributed by atoms with E-state index in [0.717, 1.165) is 34.1 Å². The highest BCUT2D eigenvalue weighted by Gasteiger charge is 2.20. The van der Waals surface area contributed by atoms with Gasteiger partial charge < -0.3 is 15.0 Å². The van der Waals surface area contributed by atoms with Gasteiger partial charge in [-0.05, 0) is 23.8 Å². The summed E-state index contributed by atoms with van der Waals surface area (Å²) in [4.78, 5) is 14.6. The minimum atomic E-state index is -3.71. The first-order chi connectivity index (χ1) is 14.0. The number of amides is 1. The number of sulfonamides is 1. The van der Waals surface area contributed by atoms with E-state index in [1.165, 1.54) is 13.1 Å². The predicted octanol–water partition coefficient (Wildman–Crippen LogP) is 2.39. The Balaban J connectivity index is 1.64. The quantitative estimate of drug-likeness (QED) is 0.751. The second-order valence-electron chi connectivity index (χ2n) is 6.68. The van der Waals surface area contributed by atoms with Crippen molar-refractivity contribution in [3.63, 3.8) is 0 Å². The zero-order valence-electron chi connectivity index (χ0n) is 16.3. The normalized spacial score (nSPS) is 15.0. The number of ether oxygens (including phenoxy) is 1. The molecule has 3 rings (SSSR count). The van der Waals surface area contributed by atoms with Gasteiger partial charge in [-0.3, -0.25) is 4.79 Å². The van der Waals surface area contributed by atoms with Crippen LogP contribution in [0.3, 0.4) is 0 Å². The van der Waals surface area contributed by atoms with Crippen molar-refractivity contribution in [2.45, 2.75) is 0 Å². The van der Waals surface area contributed by atoms with Gasteiger partial charge in [0, 0.05) is 25.5 Å². The van der Waals surface area contributed by atoms with Gasteiger partial charge in [0.15, 0.2) is 0 Å². The minimum absolute atomic E-state index is 0.279. The molecule has 0 aliphatic carbocycles. The monoisotopic (exact) mass is 415 g/mol. The second-order valence-corrected chi connectivity index (χ2v) is 8.60. The molecule has 0 unspecified atom stereocenters. The van der Waals surface area contributed by atoms with Crippen LogP contribution in [0, 0.1) is 0 Å². The molecule has 2 aromatic rings. The summed E-state index contributed by atoms with van der Waals surface area (Å²) in [6.07, 6.45) is 1.51. The lowest BCUT2D eigenvalue weighted by atomic mass is 10.2. The number of carbonyl (C=O) groups excluding carboxylic acids is 1. The number of hydrogen-bond acceptors (Lipinski definition) is 5. The van der Waals surface area contributed by atoms with E-state index in [1.807, 2.05) is 42.5 Å². The Morgan fingerprint density at radius 1 is 1.10 bits per heavy atom. The van der Waals surface area contributed by atoms with E-state index in [0.29, 0.717) is 18.9 Å². The molecule has 0 aromatic heterocycles. The molecule has 2 aromatic carbocycles. The summed E-state index contributed by atoms with van der Waals surface area (Å²) in [5, 5.41) is 3.94. The van der Waals surface area contributed by atoms with Crippen LogP contribution in [-0.2, 0) is 19.6 Å². The van der Waals surface area contributed by atoms with Gasteiger partial charge in [-0.25, -0.2) is 8.42 Å². The number of morpholine rings is 1. The molecule has 1 amide bonds. The molecule has 1 heterocycles. The van der Waals surface area contributed by atoms with Crippen molar-refractivity contribution < 1.29 is 17.9 Å². The van der Waals surface area contributed by atoms with Crippen molar-refractivity contribution in [2.75, 3.05) is 50.1 Å². The number of rotatable bonds is 7. The Labute approximate surface area is 171 Å². The zero-order valence-corrected chi connectivity index (χ0v) is 17.1. The van der Waals surface area contributed by atoms with Crippen molar-refractivity contribution in [1.29, 1.82) is 0 Å². The molecule has 1 saturated heterocycles. The Bertz CT molecular complexity index is 955. The summed E-state index contributed by atoms with van der Waals surface area (Å²) in [6, 6.07) is 16.6. The molecule has 0 atom stereocenters. The number of anilines is 2. The first-order valence-electron chi connectivity index (χ1n) is 9.37. The molecule has 0 radical (unpaired) electrons. The van der Waals surface area contributed by atoms with E-state index in [9.17, 15) is 13.2 Å². The standard InChI is InChI=1S/C21H25N3O4S/c1-23(29(26,27)16-11-18-7-3-2-4-8-18)17-21(25)22-19-9-5-6-10-20(19)24-12-14-28-15-13-24/h2-11,16H,12-15,17H2,1H3,(H,22,25)/b16-11+. The third-order valence-corrected chi connectivity index (χ3v) is 6.04. The number of para-hydroxylation sites is 2. The van der Waals surface area contributed by atoms with Crippen molar-refractivity contribution in [3.8, 4) is 0 Å². The lowest BCUT2D eigenvalue weighted by Crippen LogP contribution is -2.37. The third-order valence-electron chi connectivity index (χ3n) is 4.56. The Kier molecular flexibility index (Phi) is 7.03. The van der Waals surface area contributed by atoms with Gasteiger partial charge in [-0.15, -0.1) is 0 Å². The smallest absolute Gasteiger partial charge is 0.239 e. The highest BCUT2D eigenvalue weighted by atomic mass is 32.2. The van der Waals surface area contributed by atoms with E-state index < -0.39 is 15.9 Å². The molecule has 0 spiro atoms. The molecule has 1 N–H and O–H groups in total. The highest BCUT2D eigenvalue weighted by Crippen LogP contribution is 2.26. The molecule has 1 aliphatic heterocycles. The molecular formula is C21H25N3O4S. The summed E-state index contributed by atoms with van der Waals surface area (Å²) >= 11 is 0. The predicted molar refractivity (Wildman–Crippen MR) is 115 cm³/mol. The summed E-state index contributed by atoms with van der Waals surface area (Å²) in [5.74, 6) is -0.398. The van der Waals surface area contributed by atoms with Gasteiger partial charge in [-0.2, -0.15) is 4.31 Å². The number of hydrogen-bond donors (Lipinski definition) is 1. The van der Waals surface area contributed by atoms with Gasteiger partial charge in [-0.1, -0.05) is 42.5 Å². The Morgan fingerprint density at radius 3 is 2.48 bits per heavy atom. The molecule has 154 valence electrons. The van der Waals surface area contributed by atoms with Crippen LogP contribution >= 0.6 is 0 Å². The summed E-state index contributed by atoms with van der Waals surface area (Å²) in [6.45, 7) is 2.48. The van der Waals surface area contributed by atoms with E-state index in [4.69, 9.17) is 4.74 Å². The van der Waals surface area contributed by atoms with Gasteiger partial charge >= 0.3 is 0 Å². The van der Waals surface area contributed by atoms with Gasteiger partial charge in [0.05, 0.1) is 31.1 Å². The average molecular weight is 416 g/mol. The average Bonchev–Trinajstić information content (AvgIpc) is 2.74. The van der Waals surface area contributed by atoms with Gasteiger partial charge in [0.2, 0.25) is 15.9 Å². The lowest BCUT2D eigenvalue weighted by molar-refractivity contribution is -0.116. The number of nitrogens with one attached hydrogen (secondary N) is 1. The molecule has 1 fully saturated rings. The van der Waals surface area contributed by atoms with Crippen molar-refractivity contribution >= 4 is 33.4 Å². The molecule has 0 saturated carbocycles. The summed E-state index contributed by atoms with van der Waals surface area (Å²) in [7, 11) is -2.32. The fraction of sp³-hybridized carbons (Fsp3) is 0.286. The third kappa shape index (κ3) is 5.90. The SMILES string of the molecule is CN(CC(=O)Nc1ccccc1N1CCOCC1)S(=O)(=O)/C=C/c1ccccc1. The largest absolute Gasteiger partial charge is 0.378 e. The number of benzene rings is 2. The van der Waals surface area contributed by atoms with Crippen LogP contribution in [0.25, 0.3) is 6.08 Å².